The van der Waals surface area contributed by atoms with E-state index < -0.39 is 23.4 Å². The van der Waals surface area contributed by atoms with Crippen molar-refractivity contribution in [3.63, 3.8) is 0 Å². The lowest BCUT2D eigenvalue weighted by atomic mass is 9.82. The molecule has 1 saturated carbocycles. The van der Waals surface area contributed by atoms with E-state index in [9.17, 15) is 19.2 Å². The molecule has 0 radical (unpaired) electrons. The maximum absolute atomic E-state index is 13.0. The molecule has 9 heteroatoms. The zero-order chi connectivity index (χ0) is 23.0. The van der Waals surface area contributed by atoms with E-state index in [1.165, 1.54) is 11.3 Å². The molecule has 1 spiro atoms. The van der Waals surface area contributed by atoms with Crippen LogP contribution < -0.4 is 10.6 Å². The topological polar surface area (TPSA) is 105 Å². The number of hydrogen-bond donors (Lipinski definition) is 2. The number of ether oxygens (including phenoxy) is 1. The first kappa shape index (κ1) is 22.8. The molecule has 1 atom stereocenters. The first-order valence-electron chi connectivity index (χ1n) is 11.5. The fraction of sp³-hybridized carbons (Fsp3) is 0.652. The highest BCUT2D eigenvalue weighted by atomic mass is 32.1. The van der Waals surface area contributed by atoms with Gasteiger partial charge in [-0.25, -0.2) is 9.59 Å². The van der Waals surface area contributed by atoms with E-state index in [0.717, 1.165) is 53.9 Å². The number of nitrogens with zero attached hydrogens (tertiary/aromatic N) is 1. The molecule has 3 aliphatic rings. The molecule has 2 heterocycles. The van der Waals surface area contributed by atoms with E-state index in [1.807, 2.05) is 0 Å². The van der Waals surface area contributed by atoms with Crippen LogP contribution in [0.15, 0.2) is 0 Å². The van der Waals surface area contributed by atoms with Crippen molar-refractivity contribution in [1.29, 1.82) is 0 Å². The quantitative estimate of drug-likeness (QED) is 0.515. The number of anilines is 1. The van der Waals surface area contributed by atoms with Gasteiger partial charge in [0.25, 0.3) is 5.91 Å². The number of carbonyl (C=O) groups excluding carboxylic acids is 4. The summed E-state index contributed by atoms with van der Waals surface area (Å²) in [4.78, 5) is 53.2. The molecule has 1 aromatic rings. The monoisotopic (exact) mass is 461 g/mol. The smallest absolute Gasteiger partial charge is 0.341 e. The normalized spacial score (nSPS) is 22.1. The molecule has 174 valence electrons. The number of rotatable bonds is 5. The van der Waals surface area contributed by atoms with E-state index in [2.05, 4.69) is 17.6 Å². The number of urea groups is 1. The van der Waals surface area contributed by atoms with E-state index in [1.54, 1.807) is 13.8 Å². The van der Waals surface area contributed by atoms with Gasteiger partial charge >= 0.3 is 12.0 Å². The number of fused-ring (bicyclic) bond motifs is 1. The van der Waals surface area contributed by atoms with Crippen LogP contribution in [0.1, 0.15) is 80.1 Å². The number of nitrogens with one attached hydrogen (secondary N) is 2. The Morgan fingerprint density at radius 2 is 1.97 bits per heavy atom. The maximum atomic E-state index is 13.0. The molecule has 1 aromatic heterocycles. The molecule has 4 rings (SSSR count). The van der Waals surface area contributed by atoms with Crippen molar-refractivity contribution in [2.45, 2.75) is 83.8 Å². The number of esters is 1. The molecule has 2 fully saturated rings. The largest absolute Gasteiger partial charge is 0.459 e. The highest BCUT2D eigenvalue weighted by Crippen LogP contribution is 2.40. The molecule has 2 aliphatic carbocycles. The second-order valence-electron chi connectivity index (χ2n) is 9.52. The Kier molecular flexibility index (Phi) is 6.29. The lowest BCUT2D eigenvalue weighted by Gasteiger charge is -2.30. The molecular weight excluding hydrogens is 430 g/mol. The average Bonchev–Trinajstić information content (AvgIpc) is 3.17. The second-order valence-corrected chi connectivity index (χ2v) is 10.6. The van der Waals surface area contributed by atoms with Crippen LogP contribution in [0.5, 0.6) is 0 Å². The van der Waals surface area contributed by atoms with Crippen LogP contribution in [0, 0.1) is 5.92 Å². The van der Waals surface area contributed by atoms with Crippen LogP contribution in [0.3, 0.4) is 0 Å². The van der Waals surface area contributed by atoms with Gasteiger partial charge in [-0.15, -0.1) is 11.3 Å². The summed E-state index contributed by atoms with van der Waals surface area (Å²) in [5.74, 6) is -0.752. The minimum Gasteiger partial charge on any atom is -0.459 e. The van der Waals surface area contributed by atoms with Crippen molar-refractivity contribution >= 4 is 40.2 Å². The third-order valence-corrected chi connectivity index (χ3v) is 7.74. The standard InChI is InChI=1S/C23H31N3O5S/c1-13(2)31-20(28)18-15-8-7-14(3)11-16(15)32-19(18)24-17(27)12-26-21(29)23(25-22(26)30)9-5-4-6-10-23/h13-14H,4-12H2,1-3H3,(H,24,27)(H,25,30). The molecule has 1 saturated heterocycles. The van der Waals surface area contributed by atoms with Gasteiger partial charge < -0.3 is 15.4 Å². The van der Waals surface area contributed by atoms with Crippen LogP contribution in [-0.4, -0.2) is 46.9 Å². The van der Waals surface area contributed by atoms with Gasteiger partial charge in [-0.2, -0.15) is 0 Å². The van der Waals surface area contributed by atoms with Gasteiger partial charge in [0.05, 0.1) is 11.7 Å². The first-order valence-corrected chi connectivity index (χ1v) is 12.3. The average molecular weight is 462 g/mol. The Morgan fingerprint density at radius 3 is 2.66 bits per heavy atom. The van der Waals surface area contributed by atoms with Crippen molar-refractivity contribution in [2.75, 3.05) is 11.9 Å². The minimum atomic E-state index is -0.861. The Bertz CT molecular complexity index is 948. The molecule has 0 aromatic carbocycles. The zero-order valence-corrected chi connectivity index (χ0v) is 19.7. The van der Waals surface area contributed by atoms with E-state index >= 15 is 0 Å². The van der Waals surface area contributed by atoms with Crippen LogP contribution in [0.2, 0.25) is 0 Å². The lowest BCUT2D eigenvalue weighted by molar-refractivity contribution is -0.134. The van der Waals surface area contributed by atoms with Crippen molar-refractivity contribution < 1.29 is 23.9 Å². The number of imide groups is 1. The van der Waals surface area contributed by atoms with Crippen LogP contribution in [0.25, 0.3) is 0 Å². The lowest BCUT2D eigenvalue weighted by Crippen LogP contribution is -2.48. The van der Waals surface area contributed by atoms with Crippen molar-refractivity contribution in [1.82, 2.24) is 10.2 Å². The van der Waals surface area contributed by atoms with Crippen molar-refractivity contribution in [3.8, 4) is 0 Å². The maximum Gasteiger partial charge on any atom is 0.341 e. The Morgan fingerprint density at radius 1 is 1.25 bits per heavy atom. The molecule has 0 bridgehead atoms. The predicted octanol–water partition coefficient (Wildman–Crippen LogP) is 3.63. The summed E-state index contributed by atoms with van der Waals surface area (Å²) in [6.07, 6.45) is 6.34. The molecule has 1 unspecified atom stereocenters. The van der Waals surface area contributed by atoms with Crippen molar-refractivity contribution in [2.24, 2.45) is 5.92 Å². The summed E-state index contributed by atoms with van der Waals surface area (Å²) >= 11 is 1.39. The third-order valence-electron chi connectivity index (χ3n) is 6.57. The summed E-state index contributed by atoms with van der Waals surface area (Å²) in [6.45, 7) is 5.38. The number of thiophene rings is 1. The Balaban J connectivity index is 1.52. The van der Waals surface area contributed by atoms with Gasteiger partial charge in [0.1, 0.15) is 17.1 Å². The number of carbonyl (C=O) groups is 4. The van der Waals surface area contributed by atoms with E-state index in [0.29, 0.717) is 29.3 Å². The Labute approximate surface area is 192 Å². The summed E-state index contributed by atoms with van der Waals surface area (Å²) in [7, 11) is 0. The van der Waals surface area contributed by atoms with E-state index in [-0.39, 0.29) is 18.6 Å². The van der Waals surface area contributed by atoms with Gasteiger partial charge in [-0.05, 0) is 57.4 Å². The van der Waals surface area contributed by atoms with Crippen LogP contribution >= 0.6 is 11.3 Å². The van der Waals surface area contributed by atoms with Gasteiger partial charge in [0.15, 0.2) is 0 Å². The number of amides is 4. The van der Waals surface area contributed by atoms with Crippen LogP contribution in [0.4, 0.5) is 9.80 Å². The molecule has 4 amide bonds. The van der Waals surface area contributed by atoms with Gasteiger partial charge in [-0.1, -0.05) is 26.2 Å². The van der Waals surface area contributed by atoms with Gasteiger partial charge in [0.2, 0.25) is 5.91 Å². The third kappa shape index (κ3) is 4.27. The summed E-state index contributed by atoms with van der Waals surface area (Å²) in [5, 5.41) is 6.06. The molecule has 8 nitrogen and oxygen atoms in total. The molecule has 1 aliphatic heterocycles. The van der Waals surface area contributed by atoms with Crippen molar-refractivity contribution in [3.05, 3.63) is 16.0 Å². The Hall–Kier alpha value is -2.42. The predicted molar refractivity (Wildman–Crippen MR) is 121 cm³/mol. The fourth-order valence-electron chi connectivity index (χ4n) is 4.95. The summed E-state index contributed by atoms with van der Waals surface area (Å²) < 4.78 is 5.44. The van der Waals surface area contributed by atoms with E-state index in [4.69, 9.17) is 4.74 Å². The summed E-state index contributed by atoms with van der Waals surface area (Å²) in [6, 6.07) is -0.522. The zero-order valence-electron chi connectivity index (χ0n) is 18.9. The van der Waals surface area contributed by atoms with Gasteiger partial charge in [0, 0.05) is 4.88 Å². The van der Waals surface area contributed by atoms with Crippen LogP contribution in [-0.2, 0) is 27.2 Å². The minimum absolute atomic E-state index is 0.276. The SMILES string of the molecule is CC1CCc2c(sc(NC(=O)CN3C(=O)NC4(CCCCC4)C3=O)c2C(=O)OC(C)C)C1. The first-order chi connectivity index (χ1) is 15.2. The highest BCUT2D eigenvalue weighted by molar-refractivity contribution is 7.17. The van der Waals surface area contributed by atoms with Gasteiger partial charge in [-0.3, -0.25) is 14.5 Å². The summed E-state index contributed by atoms with van der Waals surface area (Å²) in [5.41, 5.74) is 0.505. The highest BCUT2D eigenvalue weighted by Gasteiger charge is 2.51. The molecular formula is C23H31N3O5S. The molecule has 32 heavy (non-hydrogen) atoms. The fourth-order valence-corrected chi connectivity index (χ4v) is 6.37. The molecule has 2 N–H and O–H groups in total. The second kappa shape index (κ2) is 8.84. The number of hydrogen-bond acceptors (Lipinski definition) is 6.